The Labute approximate surface area is 124 Å². The highest BCUT2D eigenvalue weighted by atomic mass is 35.5. The number of imidazole rings is 1. The molecule has 0 amide bonds. The summed E-state index contributed by atoms with van der Waals surface area (Å²) in [5, 5.41) is -0.0743. The number of aromatic nitrogens is 2. The van der Waals surface area contributed by atoms with Gasteiger partial charge < -0.3 is 9.30 Å². The predicted molar refractivity (Wildman–Crippen MR) is 82.5 cm³/mol. The van der Waals surface area contributed by atoms with E-state index in [2.05, 4.69) is 15.6 Å². The maximum atomic E-state index is 6.30. The lowest BCUT2D eigenvalue weighted by Crippen LogP contribution is -2.15. The lowest BCUT2D eigenvalue weighted by molar-refractivity contribution is 0.282. The van der Waals surface area contributed by atoms with E-state index in [9.17, 15) is 0 Å². The molecule has 1 fully saturated rings. The van der Waals surface area contributed by atoms with E-state index in [0.29, 0.717) is 0 Å². The number of benzene rings is 1. The maximum Gasteiger partial charge on any atom is 0.127 e. The Morgan fingerprint density at radius 2 is 2.25 bits per heavy atom. The van der Waals surface area contributed by atoms with Gasteiger partial charge in [0.1, 0.15) is 11.6 Å². The summed E-state index contributed by atoms with van der Waals surface area (Å²) in [7, 11) is 1.70. The van der Waals surface area contributed by atoms with Crippen LogP contribution in [-0.4, -0.2) is 16.7 Å². The van der Waals surface area contributed by atoms with Crippen molar-refractivity contribution in [1.29, 1.82) is 0 Å². The molecule has 1 aliphatic carbocycles. The molecule has 1 unspecified atom stereocenters. The number of ether oxygens (including phenoxy) is 1. The van der Waals surface area contributed by atoms with E-state index >= 15 is 0 Å². The summed E-state index contributed by atoms with van der Waals surface area (Å²) >= 11 is 6.30. The van der Waals surface area contributed by atoms with Gasteiger partial charge >= 0.3 is 0 Å². The van der Waals surface area contributed by atoms with Crippen molar-refractivity contribution < 1.29 is 4.74 Å². The van der Waals surface area contributed by atoms with Crippen LogP contribution < -0.4 is 4.74 Å². The van der Waals surface area contributed by atoms with E-state index in [1.54, 1.807) is 7.11 Å². The quantitative estimate of drug-likeness (QED) is 0.757. The van der Waals surface area contributed by atoms with E-state index in [0.717, 1.165) is 35.1 Å². The summed E-state index contributed by atoms with van der Waals surface area (Å²) in [6.45, 7) is 2.99. The van der Waals surface area contributed by atoms with Crippen molar-refractivity contribution in [3.63, 3.8) is 0 Å². The van der Waals surface area contributed by atoms with Gasteiger partial charge in [0.15, 0.2) is 0 Å². The molecular weight excluding hydrogens is 272 g/mol. The zero-order valence-corrected chi connectivity index (χ0v) is 12.9. The molecule has 108 valence electrons. The Balaban J connectivity index is 1.97. The summed E-state index contributed by atoms with van der Waals surface area (Å²) in [5.41, 5.74) is 2.13. The van der Waals surface area contributed by atoms with E-state index in [4.69, 9.17) is 16.3 Å². The molecule has 0 radical (unpaired) electrons. The summed E-state index contributed by atoms with van der Waals surface area (Å²) in [4.78, 5) is 4.68. The minimum absolute atomic E-state index is 0.0743. The van der Waals surface area contributed by atoms with Crippen molar-refractivity contribution in [2.75, 3.05) is 7.11 Å². The fraction of sp³-hybridized carbons (Fsp3) is 0.562. The van der Waals surface area contributed by atoms with Crippen molar-refractivity contribution in [2.24, 2.45) is 5.92 Å². The summed E-state index contributed by atoms with van der Waals surface area (Å²) < 4.78 is 7.60. The molecule has 1 aromatic heterocycles. The lowest BCUT2D eigenvalue weighted by atomic mass is 9.83. The fourth-order valence-electron chi connectivity index (χ4n) is 2.88. The SMILES string of the molecule is COc1ccc2nc(C(C)Cl)n(CCC3CCC3)c2c1. The Kier molecular flexibility index (Phi) is 3.88. The van der Waals surface area contributed by atoms with Gasteiger partial charge in [-0.25, -0.2) is 4.98 Å². The van der Waals surface area contributed by atoms with Crippen LogP contribution in [0.5, 0.6) is 5.75 Å². The molecule has 0 saturated heterocycles. The van der Waals surface area contributed by atoms with Gasteiger partial charge in [0.2, 0.25) is 0 Å². The second-order valence-corrected chi connectivity index (χ2v) is 6.33. The largest absolute Gasteiger partial charge is 0.497 e. The van der Waals surface area contributed by atoms with Crippen LogP contribution in [0, 0.1) is 5.92 Å². The number of nitrogens with zero attached hydrogens (tertiary/aromatic N) is 2. The highest BCUT2D eigenvalue weighted by Gasteiger charge is 2.20. The van der Waals surface area contributed by atoms with Crippen LogP contribution >= 0.6 is 11.6 Å². The van der Waals surface area contributed by atoms with Crippen LogP contribution in [0.1, 0.15) is 43.8 Å². The first kappa shape index (κ1) is 13.7. The number of halogens is 1. The first-order valence-electron chi connectivity index (χ1n) is 7.37. The van der Waals surface area contributed by atoms with Gasteiger partial charge in [-0.05, 0) is 31.4 Å². The standard InChI is InChI=1S/C16H21ClN2O/c1-11(17)16-18-14-7-6-13(20-2)10-15(14)19(16)9-8-12-4-3-5-12/h6-7,10-12H,3-5,8-9H2,1-2H3. The molecule has 0 aliphatic heterocycles. The maximum absolute atomic E-state index is 6.30. The van der Waals surface area contributed by atoms with Crippen LogP contribution in [0.4, 0.5) is 0 Å². The first-order chi connectivity index (χ1) is 9.69. The van der Waals surface area contributed by atoms with Gasteiger partial charge in [-0.3, -0.25) is 0 Å². The van der Waals surface area contributed by atoms with Crippen molar-refractivity contribution in [3.05, 3.63) is 24.0 Å². The second-order valence-electron chi connectivity index (χ2n) is 5.68. The topological polar surface area (TPSA) is 27.1 Å². The molecule has 20 heavy (non-hydrogen) atoms. The second kappa shape index (κ2) is 5.65. The fourth-order valence-corrected chi connectivity index (χ4v) is 3.05. The number of hydrogen-bond donors (Lipinski definition) is 0. The van der Waals surface area contributed by atoms with Crippen LogP contribution in [0.3, 0.4) is 0 Å². The third kappa shape index (κ3) is 2.51. The molecule has 4 heteroatoms. The molecule has 0 bridgehead atoms. The minimum Gasteiger partial charge on any atom is -0.497 e. The van der Waals surface area contributed by atoms with Crippen molar-refractivity contribution >= 4 is 22.6 Å². The average Bonchev–Trinajstić information content (AvgIpc) is 2.75. The number of fused-ring (bicyclic) bond motifs is 1. The van der Waals surface area contributed by atoms with E-state index in [-0.39, 0.29) is 5.38 Å². The molecule has 0 N–H and O–H groups in total. The third-order valence-electron chi connectivity index (χ3n) is 4.33. The number of methoxy groups -OCH3 is 1. The molecule has 2 aromatic rings. The summed E-state index contributed by atoms with van der Waals surface area (Å²) in [6.07, 6.45) is 5.37. The highest BCUT2D eigenvalue weighted by molar-refractivity contribution is 6.20. The smallest absolute Gasteiger partial charge is 0.127 e. The van der Waals surface area contributed by atoms with Gasteiger partial charge in [0.25, 0.3) is 0 Å². The van der Waals surface area contributed by atoms with E-state index in [1.807, 2.05) is 19.1 Å². The molecule has 0 spiro atoms. The Morgan fingerprint density at radius 3 is 2.85 bits per heavy atom. The Bertz CT molecular complexity index is 602. The van der Waals surface area contributed by atoms with Crippen molar-refractivity contribution in [1.82, 2.24) is 9.55 Å². The predicted octanol–water partition coefficient (Wildman–Crippen LogP) is 4.53. The summed E-state index contributed by atoms with van der Waals surface area (Å²) in [6, 6.07) is 6.02. The number of rotatable bonds is 5. The van der Waals surface area contributed by atoms with Crippen LogP contribution in [-0.2, 0) is 6.54 Å². The third-order valence-corrected chi connectivity index (χ3v) is 4.52. The van der Waals surface area contributed by atoms with Crippen molar-refractivity contribution in [3.8, 4) is 5.75 Å². The monoisotopic (exact) mass is 292 g/mol. The number of hydrogen-bond acceptors (Lipinski definition) is 2. The first-order valence-corrected chi connectivity index (χ1v) is 7.81. The highest BCUT2D eigenvalue weighted by Crippen LogP contribution is 2.32. The van der Waals surface area contributed by atoms with E-state index in [1.165, 1.54) is 25.7 Å². The van der Waals surface area contributed by atoms with Gasteiger partial charge in [0, 0.05) is 12.6 Å². The molecule has 1 saturated carbocycles. The number of alkyl halides is 1. The molecule has 1 aromatic carbocycles. The minimum atomic E-state index is -0.0743. The van der Waals surface area contributed by atoms with Gasteiger partial charge in [-0.2, -0.15) is 0 Å². The van der Waals surface area contributed by atoms with E-state index < -0.39 is 0 Å². The summed E-state index contributed by atoms with van der Waals surface area (Å²) in [5.74, 6) is 2.72. The van der Waals surface area contributed by atoms with Crippen molar-refractivity contribution in [2.45, 2.75) is 44.5 Å². The van der Waals surface area contributed by atoms with Crippen LogP contribution in [0.2, 0.25) is 0 Å². The lowest BCUT2D eigenvalue weighted by Gasteiger charge is -2.25. The Morgan fingerprint density at radius 1 is 1.45 bits per heavy atom. The Hall–Kier alpha value is -1.22. The molecular formula is C16H21ClN2O. The molecule has 1 atom stereocenters. The van der Waals surface area contributed by atoms with Gasteiger partial charge in [0.05, 0.1) is 23.5 Å². The molecule has 3 nitrogen and oxygen atoms in total. The number of aryl methyl sites for hydroxylation is 1. The normalized spacial score (nSPS) is 17.1. The molecule has 3 rings (SSSR count). The zero-order valence-electron chi connectivity index (χ0n) is 12.1. The molecule has 1 aliphatic rings. The van der Waals surface area contributed by atoms with Gasteiger partial charge in [-0.1, -0.05) is 19.3 Å². The van der Waals surface area contributed by atoms with Crippen LogP contribution in [0.25, 0.3) is 11.0 Å². The van der Waals surface area contributed by atoms with Gasteiger partial charge in [-0.15, -0.1) is 11.6 Å². The molecule has 1 heterocycles. The van der Waals surface area contributed by atoms with Crippen LogP contribution in [0.15, 0.2) is 18.2 Å². The zero-order chi connectivity index (χ0) is 14.1. The average molecular weight is 293 g/mol.